The minimum Gasteiger partial charge on any atom is -0.312 e. The highest BCUT2D eigenvalue weighted by molar-refractivity contribution is 5.97. The molecule has 1 unspecified atom stereocenters. The minimum absolute atomic E-state index is 0.0762. The molecule has 128 valence electrons. The lowest BCUT2D eigenvalue weighted by Crippen LogP contribution is -2.33. The van der Waals surface area contributed by atoms with E-state index in [4.69, 9.17) is 4.98 Å². The molecule has 0 spiro atoms. The summed E-state index contributed by atoms with van der Waals surface area (Å²) in [6.07, 6.45) is 5.90. The van der Waals surface area contributed by atoms with Gasteiger partial charge in [0.1, 0.15) is 5.65 Å². The maximum absolute atomic E-state index is 12.6. The zero-order valence-corrected chi connectivity index (χ0v) is 15.0. The van der Waals surface area contributed by atoms with E-state index in [0.717, 1.165) is 42.0 Å². The van der Waals surface area contributed by atoms with Crippen molar-refractivity contribution >= 4 is 17.2 Å². The summed E-state index contributed by atoms with van der Waals surface area (Å²) in [6.45, 7) is 6.93. The van der Waals surface area contributed by atoms with Gasteiger partial charge in [0.05, 0.1) is 5.69 Å². The van der Waals surface area contributed by atoms with Crippen LogP contribution < -0.4 is 4.90 Å². The molecule has 0 saturated carbocycles. The Bertz CT molecular complexity index is 957. The number of nitrogens with zero attached hydrogens (tertiary/aromatic N) is 3. The van der Waals surface area contributed by atoms with Gasteiger partial charge in [-0.15, -0.1) is 0 Å². The summed E-state index contributed by atoms with van der Waals surface area (Å²) in [6, 6.07) is 10.5. The summed E-state index contributed by atoms with van der Waals surface area (Å²) in [4.78, 5) is 19.2. The SMILES string of the molecule is CCC(C)C(=O)N1CCc2cc(-c3cn4ccc(C)cc4n3)ccc21. The molecule has 4 heteroatoms. The first-order valence-electron chi connectivity index (χ1n) is 8.97. The van der Waals surface area contributed by atoms with Gasteiger partial charge in [0.15, 0.2) is 0 Å². The predicted molar refractivity (Wildman–Crippen MR) is 101 cm³/mol. The number of hydrogen-bond donors (Lipinski definition) is 0. The van der Waals surface area contributed by atoms with Crippen molar-refractivity contribution in [2.75, 3.05) is 11.4 Å². The van der Waals surface area contributed by atoms with Gasteiger partial charge in [0.2, 0.25) is 5.91 Å². The molecule has 1 aliphatic rings. The number of imidazole rings is 1. The normalized spacial score (nSPS) is 14.8. The van der Waals surface area contributed by atoms with Crippen LogP contribution in [0.25, 0.3) is 16.9 Å². The molecule has 25 heavy (non-hydrogen) atoms. The third kappa shape index (κ3) is 2.72. The lowest BCUT2D eigenvalue weighted by Gasteiger charge is -2.21. The number of carbonyl (C=O) groups is 1. The lowest BCUT2D eigenvalue weighted by molar-refractivity contribution is -0.121. The van der Waals surface area contributed by atoms with Crippen molar-refractivity contribution in [2.45, 2.75) is 33.6 Å². The molecular formula is C21H23N3O. The average molecular weight is 333 g/mol. The Kier molecular flexibility index (Phi) is 3.83. The minimum atomic E-state index is 0.0762. The first-order valence-corrected chi connectivity index (χ1v) is 8.97. The summed E-state index contributed by atoms with van der Waals surface area (Å²) in [5.74, 6) is 0.310. The molecule has 3 heterocycles. The van der Waals surface area contributed by atoms with E-state index in [1.165, 1.54) is 11.1 Å². The predicted octanol–water partition coefficient (Wildman–Crippen LogP) is 4.24. The standard InChI is InChI=1S/C21H23N3O/c1-4-15(3)21(25)24-10-8-17-12-16(5-6-19(17)24)18-13-23-9-7-14(2)11-20(23)22-18/h5-7,9,11-13,15H,4,8,10H2,1-3H3. The van der Waals surface area contributed by atoms with Gasteiger partial charge in [-0.1, -0.05) is 19.9 Å². The van der Waals surface area contributed by atoms with Crippen LogP contribution in [0.2, 0.25) is 0 Å². The van der Waals surface area contributed by atoms with Gasteiger partial charge < -0.3 is 9.30 Å². The van der Waals surface area contributed by atoms with Crippen LogP contribution in [0.15, 0.2) is 42.7 Å². The summed E-state index contributed by atoms with van der Waals surface area (Å²) in [5, 5.41) is 0. The highest BCUT2D eigenvalue weighted by atomic mass is 16.2. The largest absolute Gasteiger partial charge is 0.312 e. The van der Waals surface area contributed by atoms with Crippen LogP contribution in [0.1, 0.15) is 31.4 Å². The van der Waals surface area contributed by atoms with Crippen molar-refractivity contribution in [3.63, 3.8) is 0 Å². The molecule has 1 amide bonds. The fourth-order valence-corrected chi connectivity index (χ4v) is 3.45. The molecule has 1 aromatic carbocycles. The van der Waals surface area contributed by atoms with E-state index in [1.807, 2.05) is 22.4 Å². The van der Waals surface area contributed by atoms with E-state index in [-0.39, 0.29) is 11.8 Å². The molecule has 4 nitrogen and oxygen atoms in total. The summed E-state index contributed by atoms with van der Waals surface area (Å²) in [7, 11) is 0. The third-order valence-electron chi connectivity index (χ3n) is 5.19. The number of hydrogen-bond acceptors (Lipinski definition) is 2. The van der Waals surface area contributed by atoms with E-state index in [1.54, 1.807) is 0 Å². The topological polar surface area (TPSA) is 37.6 Å². The molecule has 3 aromatic rings. The number of carbonyl (C=O) groups excluding carboxylic acids is 1. The second-order valence-electron chi connectivity index (χ2n) is 6.99. The smallest absolute Gasteiger partial charge is 0.229 e. The number of fused-ring (bicyclic) bond motifs is 2. The van der Waals surface area contributed by atoms with Gasteiger partial charge in [-0.3, -0.25) is 4.79 Å². The van der Waals surface area contributed by atoms with Gasteiger partial charge in [-0.2, -0.15) is 0 Å². The second kappa shape index (κ2) is 6.03. The van der Waals surface area contributed by atoms with Gasteiger partial charge in [0, 0.05) is 36.1 Å². The first-order chi connectivity index (χ1) is 12.1. The Morgan fingerprint density at radius 1 is 1.28 bits per heavy atom. The third-order valence-corrected chi connectivity index (χ3v) is 5.19. The molecule has 0 bridgehead atoms. The van der Waals surface area contributed by atoms with E-state index < -0.39 is 0 Å². The van der Waals surface area contributed by atoms with Crippen LogP contribution in [-0.2, 0) is 11.2 Å². The van der Waals surface area contributed by atoms with Gasteiger partial charge in [-0.25, -0.2) is 4.98 Å². The van der Waals surface area contributed by atoms with Crippen LogP contribution in [-0.4, -0.2) is 21.8 Å². The lowest BCUT2D eigenvalue weighted by atomic mass is 10.1. The molecular weight excluding hydrogens is 310 g/mol. The number of amides is 1. The highest BCUT2D eigenvalue weighted by Gasteiger charge is 2.27. The van der Waals surface area contributed by atoms with Crippen molar-refractivity contribution in [1.82, 2.24) is 9.38 Å². The van der Waals surface area contributed by atoms with Crippen LogP contribution in [0.3, 0.4) is 0 Å². The zero-order chi connectivity index (χ0) is 17.6. The van der Waals surface area contributed by atoms with Crippen molar-refractivity contribution in [3.05, 3.63) is 53.9 Å². The molecule has 0 aliphatic carbocycles. The number of pyridine rings is 1. The van der Waals surface area contributed by atoms with Crippen molar-refractivity contribution in [3.8, 4) is 11.3 Å². The van der Waals surface area contributed by atoms with Crippen LogP contribution in [0.4, 0.5) is 5.69 Å². The Hall–Kier alpha value is -2.62. The van der Waals surface area contributed by atoms with E-state index >= 15 is 0 Å². The van der Waals surface area contributed by atoms with Gasteiger partial charge >= 0.3 is 0 Å². The average Bonchev–Trinajstić information content (AvgIpc) is 3.23. The fourth-order valence-electron chi connectivity index (χ4n) is 3.45. The summed E-state index contributed by atoms with van der Waals surface area (Å²) < 4.78 is 2.05. The Labute approximate surface area is 148 Å². The Morgan fingerprint density at radius 3 is 2.92 bits per heavy atom. The summed E-state index contributed by atoms with van der Waals surface area (Å²) >= 11 is 0. The maximum Gasteiger partial charge on any atom is 0.229 e. The fraction of sp³-hybridized carbons (Fsp3) is 0.333. The molecule has 0 N–H and O–H groups in total. The van der Waals surface area contributed by atoms with E-state index in [2.05, 4.69) is 50.4 Å². The number of aromatic nitrogens is 2. The van der Waals surface area contributed by atoms with Gasteiger partial charge in [0.25, 0.3) is 0 Å². The molecule has 1 atom stereocenters. The Morgan fingerprint density at radius 2 is 2.12 bits per heavy atom. The molecule has 0 fully saturated rings. The molecule has 0 saturated heterocycles. The van der Waals surface area contributed by atoms with Crippen LogP contribution in [0, 0.1) is 12.8 Å². The molecule has 0 radical (unpaired) electrons. The number of anilines is 1. The number of benzene rings is 1. The Balaban J connectivity index is 1.68. The van der Waals surface area contributed by atoms with Crippen LogP contribution >= 0.6 is 0 Å². The first kappa shape index (κ1) is 15.9. The molecule has 4 rings (SSSR count). The van der Waals surface area contributed by atoms with Crippen molar-refractivity contribution in [2.24, 2.45) is 5.92 Å². The molecule has 1 aliphatic heterocycles. The highest BCUT2D eigenvalue weighted by Crippen LogP contribution is 2.33. The quantitative estimate of drug-likeness (QED) is 0.719. The number of rotatable bonds is 3. The maximum atomic E-state index is 12.6. The number of aryl methyl sites for hydroxylation is 1. The van der Waals surface area contributed by atoms with Crippen LogP contribution in [0.5, 0.6) is 0 Å². The zero-order valence-electron chi connectivity index (χ0n) is 15.0. The van der Waals surface area contributed by atoms with E-state index in [0.29, 0.717) is 0 Å². The van der Waals surface area contributed by atoms with Gasteiger partial charge in [-0.05, 0) is 55.2 Å². The summed E-state index contributed by atoms with van der Waals surface area (Å²) in [5.41, 5.74) is 6.55. The van der Waals surface area contributed by atoms with Crippen molar-refractivity contribution < 1.29 is 4.79 Å². The molecule has 2 aromatic heterocycles. The second-order valence-corrected chi connectivity index (χ2v) is 6.99. The monoisotopic (exact) mass is 333 g/mol. The van der Waals surface area contributed by atoms with Crippen molar-refractivity contribution in [1.29, 1.82) is 0 Å². The van der Waals surface area contributed by atoms with E-state index in [9.17, 15) is 4.79 Å².